The second kappa shape index (κ2) is 6.51. The van der Waals surface area contributed by atoms with Gasteiger partial charge in [-0.2, -0.15) is 0 Å². The normalized spacial score (nSPS) is 12.5. The summed E-state index contributed by atoms with van der Waals surface area (Å²) in [5.41, 5.74) is 3.43. The quantitative estimate of drug-likeness (QED) is 0.700. The van der Waals surface area contributed by atoms with Crippen molar-refractivity contribution < 1.29 is 0 Å². The predicted octanol–water partition coefficient (Wildman–Crippen LogP) is 6.29. The summed E-state index contributed by atoms with van der Waals surface area (Å²) in [6.45, 7) is 6.46. The van der Waals surface area contributed by atoms with Crippen LogP contribution in [0.25, 0.3) is 0 Å². The van der Waals surface area contributed by atoms with Gasteiger partial charge < -0.3 is 5.32 Å². The molecule has 0 heterocycles. The molecule has 0 spiro atoms. The minimum absolute atomic E-state index is 0.103. The molecular formula is C17H19Cl2N. The molecular weight excluding hydrogens is 289 g/mol. The SMILES string of the molecule is CC(C)c1ccc(NC(C)c2cccc(Cl)c2Cl)cc1. The molecule has 0 aliphatic carbocycles. The van der Waals surface area contributed by atoms with Crippen LogP contribution >= 0.6 is 23.2 Å². The van der Waals surface area contributed by atoms with Crippen LogP contribution in [-0.2, 0) is 0 Å². The Hall–Kier alpha value is -1.18. The average molecular weight is 308 g/mol. The van der Waals surface area contributed by atoms with Crippen LogP contribution in [0.1, 0.15) is 43.9 Å². The number of hydrogen-bond donors (Lipinski definition) is 1. The molecule has 2 aromatic rings. The van der Waals surface area contributed by atoms with Crippen LogP contribution < -0.4 is 5.32 Å². The molecule has 0 fully saturated rings. The van der Waals surface area contributed by atoms with Gasteiger partial charge in [0.2, 0.25) is 0 Å². The van der Waals surface area contributed by atoms with Crippen molar-refractivity contribution in [3.05, 3.63) is 63.6 Å². The van der Waals surface area contributed by atoms with E-state index in [4.69, 9.17) is 23.2 Å². The summed E-state index contributed by atoms with van der Waals surface area (Å²) < 4.78 is 0. The first-order chi connectivity index (χ1) is 9.49. The second-order valence-corrected chi connectivity index (χ2v) is 6.07. The van der Waals surface area contributed by atoms with Crippen molar-refractivity contribution in [1.82, 2.24) is 0 Å². The zero-order valence-corrected chi connectivity index (χ0v) is 13.5. The highest BCUT2D eigenvalue weighted by Gasteiger charge is 2.11. The first kappa shape index (κ1) is 15.2. The summed E-state index contributed by atoms with van der Waals surface area (Å²) in [5, 5.41) is 4.66. The van der Waals surface area contributed by atoms with Crippen LogP contribution in [0.15, 0.2) is 42.5 Å². The molecule has 3 heteroatoms. The molecule has 20 heavy (non-hydrogen) atoms. The van der Waals surface area contributed by atoms with Gasteiger partial charge in [-0.3, -0.25) is 0 Å². The molecule has 0 bridgehead atoms. The summed E-state index contributed by atoms with van der Waals surface area (Å²) >= 11 is 12.3. The molecule has 1 unspecified atom stereocenters. The maximum atomic E-state index is 6.25. The van der Waals surface area contributed by atoms with Crippen LogP contribution in [0.5, 0.6) is 0 Å². The largest absolute Gasteiger partial charge is 0.378 e. The lowest BCUT2D eigenvalue weighted by Gasteiger charge is -2.18. The van der Waals surface area contributed by atoms with Gasteiger partial charge in [-0.05, 0) is 42.2 Å². The minimum atomic E-state index is 0.103. The highest BCUT2D eigenvalue weighted by molar-refractivity contribution is 6.42. The Kier molecular flexibility index (Phi) is 4.95. The maximum absolute atomic E-state index is 6.25. The monoisotopic (exact) mass is 307 g/mol. The van der Waals surface area contributed by atoms with E-state index in [1.54, 1.807) is 6.07 Å². The number of nitrogens with one attached hydrogen (secondary N) is 1. The molecule has 0 aromatic heterocycles. The van der Waals surface area contributed by atoms with Crippen molar-refractivity contribution >= 4 is 28.9 Å². The Morgan fingerprint density at radius 2 is 1.55 bits per heavy atom. The molecule has 1 atom stereocenters. The van der Waals surface area contributed by atoms with Crippen molar-refractivity contribution in [1.29, 1.82) is 0 Å². The number of benzene rings is 2. The average Bonchev–Trinajstić information content (AvgIpc) is 2.42. The van der Waals surface area contributed by atoms with E-state index in [2.05, 4.69) is 50.4 Å². The van der Waals surface area contributed by atoms with E-state index in [1.165, 1.54) is 5.56 Å². The van der Waals surface area contributed by atoms with Crippen LogP contribution in [-0.4, -0.2) is 0 Å². The van der Waals surface area contributed by atoms with E-state index < -0.39 is 0 Å². The van der Waals surface area contributed by atoms with Gasteiger partial charge in [-0.25, -0.2) is 0 Å². The van der Waals surface area contributed by atoms with Crippen molar-refractivity contribution in [2.24, 2.45) is 0 Å². The van der Waals surface area contributed by atoms with Gasteiger partial charge in [0.25, 0.3) is 0 Å². The third kappa shape index (κ3) is 3.47. The molecule has 0 saturated heterocycles. The molecule has 2 rings (SSSR count). The highest BCUT2D eigenvalue weighted by Crippen LogP contribution is 2.31. The Morgan fingerprint density at radius 1 is 0.900 bits per heavy atom. The third-order valence-corrected chi connectivity index (χ3v) is 4.24. The Morgan fingerprint density at radius 3 is 2.15 bits per heavy atom. The Labute approximate surface area is 130 Å². The molecule has 0 aliphatic heterocycles. The first-order valence-electron chi connectivity index (χ1n) is 6.79. The van der Waals surface area contributed by atoms with E-state index in [1.807, 2.05) is 12.1 Å². The summed E-state index contributed by atoms with van der Waals surface area (Å²) in [7, 11) is 0. The van der Waals surface area contributed by atoms with Gasteiger partial charge >= 0.3 is 0 Å². The number of rotatable bonds is 4. The maximum Gasteiger partial charge on any atom is 0.0644 e. The zero-order valence-electron chi connectivity index (χ0n) is 12.0. The lowest BCUT2D eigenvalue weighted by Crippen LogP contribution is -2.07. The minimum Gasteiger partial charge on any atom is -0.378 e. The summed E-state index contributed by atoms with van der Waals surface area (Å²) in [4.78, 5) is 0. The fourth-order valence-electron chi connectivity index (χ4n) is 2.15. The lowest BCUT2D eigenvalue weighted by molar-refractivity contribution is 0.862. The number of hydrogen-bond acceptors (Lipinski definition) is 1. The number of anilines is 1. The standard InChI is InChI=1S/C17H19Cl2N/c1-11(2)13-7-9-14(10-8-13)20-12(3)15-5-4-6-16(18)17(15)19/h4-12,20H,1-3H3. The first-order valence-corrected chi connectivity index (χ1v) is 7.55. The predicted molar refractivity (Wildman–Crippen MR) is 89.0 cm³/mol. The van der Waals surface area contributed by atoms with Crippen molar-refractivity contribution in [3.63, 3.8) is 0 Å². The molecule has 1 nitrogen and oxygen atoms in total. The zero-order chi connectivity index (χ0) is 14.7. The second-order valence-electron chi connectivity index (χ2n) is 5.29. The van der Waals surface area contributed by atoms with Crippen LogP contribution in [0.4, 0.5) is 5.69 Å². The van der Waals surface area contributed by atoms with Crippen LogP contribution in [0, 0.1) is 0 Å². The highest BCUT2D eigenvalue weighted by atomic mass is 35.5. The fraction of sp³-hybridized carbons (Fsp3) is 0.294. The van der Waals surface area contributed by atoms with Crippen molar-refractivity contribution in [2.45, 2.75) is 32.7 Å². The van der Waals surface area contributed by atoms with Crippen molar-refractivity contribution in [3.8, 4) is 0 Å². The number of halogens is 2. The molecule has 0 aliphatic rings. The van der Waals surface area contributed by atoms with Gasteiger partial charge in [0.05, 0.1) is 16.1 Å². The molecule has 0 radical (unpaired) electrons. The molecule has 106 valence electrons. The Balaban J connectivity index is 2.15. The molecule has 2 aromatic carbocycles. The Bertz CT molecular complexity index is 576. The smallest absolute Gasteiger partial charge is 0.0644 e. The summed E-state index contributed by atoms with van der Waals surface area (Å²) in [6, 6.07) is 14.3. The van der Waals surface area contributed by atoms with Gasteiger partial charge in [0.15, 0.2) is 0 Å². The van der Waals surface area contributed by atoms with E-state index in [9.17, 15) is 0 Å². The van der Waals surface area contributed by atoms with E-state index in [0.717, 1.165) is 11.3 Å². The molecule has 0 amide bonds. The summed E-state index contributed by atoms with van der Waals surface area (Å²) in [6.07, 6.45) is 0. The van der Waals surface area contributed by atoms with Gasteiger partial charge in [0, 0.05) is 5.69 Å². The van der Waals surface area contributed by atoms with E-state index >= 15 is 0 Å². The molecule has 0 saturated carbocycles. The fourth-order valence-corrected chi connectivity index (χ4v) is 2.62. The van der Waals surface area contributed by atoms with Gasteiger partial charge in [-0.1, -0.05) is 61.3 Å². The van der Waals surface area contributed by atoms with Crippen LogP contribution in [0.3, 0.4) is 0 Å². The van der Waals surface area contributed by atoms with Crippen LogP contribution in [0.2, 0.25) is 10.0 Å². The van der Waals surface area contributed by atoms with E-state index in [0.29, 0.717) is 16.0 Å². The van der Waals surface area contributed by atoms with Crippen molar-refractivity contribution in [2.75, 3.05) is 5.32 Å². The topological polar surface area (TPSA) is 12.0 Å². The van der Waals surface area contributed by atoms with Gasteiger partial charge in [-0.15, -0.1) is 0 Å². The lowest BCUT2D eigenvalue weighted by atomic mass is 10.0. The molecule has 1 N–H and O–H groups in total. The van der Waals surface area contributed by atoms with Gasteiger partial charge in [0.1, 0.15) is 0 Å². The third-order valence-electron chi connectivity index (χ3n) is 3.41. The summed E-state index contributed by atoms with van der Waals surface area (Å²) in [5.74, 6) is 0.545. The van der Waals surface area contributed by atoms with E-state index in [-0.39, 0.29) is 6.04 Å².